The van der Waals surface area contributed by atoms with E-state index in [1.807, 2.05) is 44.2 Å². The van der Waals surface area contributed by atoms with E-state index in [9.17, 15) is 8.42 Å². The second-order valence-electron chi connectivity index (χ2n) is 6.11. The van der Waals surface area contributed by atoms with Crippen molar-refractivity contribution in [1.29, 1.82) is 0 Å². The summed E-state index contributed by atoms with van der Waals surface area (Å²) in [6, 6.07) is 13.0. The molecule has 1 fully saturated rings. The molecule has 1 aliphatic heterocycles. The van der Waals surface area contributed by atoms with E-state index in [1.54, 1.807) is 16.4 Å². The second kappa shape index (κ2) is 6.75. The third kappa shape index (κ3) is 3.43. The molecule has 0 saturated carbocycles. The number of sulfonamides is 1. The number of rotatable bonds is 3. The number of hydrogen-bond acceptors (Lipinski definition) is 3. The minimum atomic E-state index is -3.43. The average Bonchev–Trinajstić information content (AvgIpc) is 2.58. The highest BCUT2D eigenvalue weighted by Gasteiger charge is 2.28. The highest BCUT2D eigenvalue weighted by atomic mass is 35.5. The van der Waals surface area contributed by atoms with Gasteiger partial charge in [0.15, 0.2) is 0 Å². The predicted molar refractivity (Wildman–Crippen MR) is 98.3 cm³/mol. The fourth-order valence-electron chi connectivity index (χ4n) is 2.86. The molecule has 128 valence electrons. The molecule has 1 saturated heterocycles. The minimum Gasteiger partial charge on any atom is -0.369 e. The lowest BCUT2D eigenvalue weighted by atomic mass is 10.1. The van der Waals surface area contributed by atoms with Crippen molar-refractivity contribution in [3.05, 3.63) is 58.6 Å². The summed E-state index contributed by atoms with van der Waals surface area (Å²) in [6.45, 7) is 6.23. The number of anilines is 1. The molecule has 0 bridgehead atoms. The van der Waals surface area contributed by atoms with Gasteiger partial charge in [-0.2, -0.15) is 4.31 Å². The van der Waals surface area contributed by atoms with Crippen molar-refractivity contribution in [2.24, 2.45) is 0 Å². The Balaban J connectivity index is 1.73. The Morgan fingerprint density at radius 2 is 1.50 bits per heavy atom. The molecule has 2 aromatic carbocycles. The van der Waals surface area contributed by atoms with Gasteiger partial charge in [-0.1, -0.05) is 17.7 Å². The molecule has 3 rings (SSSR count). The fourth-order valence-corrected chi connectivity index (χ4v) is 4.50. The van der Waals surface area contributed by atoms with Crippen LogP contribution in [0.25, 0.3) is 0 Å². The zero-order chi connectivity index (χ0) is 17.3. The van der Waals surface area contributed by atoms with Crippen molar-refractivity contribution in [3.63, 3.8) is 0 Å². The predicted octanol–water partition coefficient (Wildman–Crippen LogP) is 3.47. The number of aryl methyl sites for hydroxylation is 2. The van der Waals surface area contributed by atoms with Gasteiger partial charge in [0.2, 0.25) is 10.0 Å². The normalized spacial score (nSPS) is 16.4. The maximum Gasteiger partial charge on any atom is 0.243 e. The van der Waals surface area contributed by atoms with Gasteiger partial charge in [0.05, 0.1) is 4.90 Å². The summed E-state index contributed by atoms with van der Waals surface area (Å²) in [5.74, 6) is 0. The van der Waals surface area contributed by atoms with Crippen LogP contribution in [0, 0.1) is 13.8 Å². The Morgan fingerprint density at radius 1 is 0.875 bits per heavy atom. The van der Waals surface area contributed by atoms with Crippen LogP contribution in [0.5, 0.6) is 0 Å². The highest BCUT2D eigenvalue weighted by Crippen LogP contribution is 2.23. The van der Waals surface area contributed by atoms with Crippen LogP contribution in [-0.4, -0.2) is 38.9 Å². The standard InChI is InChI=1S/C18H21ClN2O2S/c1-14-3-8-18(13-15(14)2)24(22,23)21-11-9-20(10-12-21)17-6-4-16(19)5-7-17/h3-8,13H,9-12H2,1-2H3. The Kier molecular flexibility index (Phi) is 4.85. The molecule has 1 aliphatic rings. The Labute approximate surface area is 148 Å². The van der Waals surface area contributed by atoms with E-state index in [0.717, 1.165) is 16.8 Å². The van der Waals surface area contributed by atoms with E-state index in [0.29, 0.717) is 36.1 Å². The molecule has 2 aromatic rings. The second-order valence-corrected chi connectivity index (χ2v) is 8.49. The quantitative estimate of drug-likeness (QED) is 0.837. The van der Waals surface area contributed by atoms with Gasteiger partial charge in [-0.3, -0.25) is 0 Å². The van der Waals surface area contributed by atoms with Gasteiger partial charge in [-0.25, -0.2) is 8.42 Å². The maximum absolute atomic E-state index is 12.8. The van der Waals surface area contributed by atoms with Crippen molar-refractivity contribution in [2.45, 2.75) is 18.7 Å². The number of halogens is 1. The zero-order valence-electron chi connectivity index (χ0n) is 13.9. The van der Waals surface area contributed by atoms with Crippen LogP contribution in [0.3, 0.4) is 0 Å². The number of hydrogen-bond donors (Lipinski definition) is 0. The van der Waals surface area contributed by atoms with Crippen LogP contribution in [0.2, 0.25) is 5.02 Å². The van der Waals surface area contributed by atoms with E-state index in [2.05, 4.69) is 4.90 Å². The monoisotopic (exact) mass is 364 g/mol. The van der Waals surface area contributed by atoms with Crippen molar-refractivity contribution >= 4 is 27.3 Å². The first-order valence-corrected chi connectivity index (χ1v) is 9.77. The van der Waals surface area contributed by atoms with E-state index in [-0.39, 0.29) is 0 Å². The van der Waals surface area contributed by atoms with E-state index >= 15 is 0 Å². The molecule has 24 heavy (non-hydrogen) atoms. The fraction of sp³-hybridized carbons (Fsp3) is 0.333. The lowest BCUT2D eigenvalue weighted by Crippen LogP contribution is -2.48. The number of benzene rings is 2. The largest absolute Gasteiger partial charge is 0.369 e. The molecule has 0 atom stereocenters. The van der Waals surface area contributed by atoms with Crippen molar-refractivity contribution < 1.29 is 8.42 Å². The molecule has 1 heterocycles. The molecular weight excluding hydrogens is 344 g/mol. The lowest BCUT2D eigenvalue weighted by Gasteiger charge is -2.35. The third-order valence-electron chi connectivity index (χ3n) is 4.55. The van der Waals surface area contributed by atoms with Crippen LogP contribution >= 0.6 is 11.6 Å². The molecule has 0 aliphatic carbocycles. The van der Waals surface area contributed by atoms with Crippen LogP contribution in [0.1, 0.15) is 11.1 Å². The van der Waals surface area contributed by atoms with Crippen molar-refractivity contribution in [3.8, 4) is 0 Å². The van der Waals surface area contributed by atoms with Crippen LogP contribution < -0.4 is 4.90 Å². The molecule has 0 spiro atoms. The van der Waals surface area contributed by atoms with Gasteiger partial charge in [0, 0.05) is 36.9 Å². The highest BCUT2D eigenvalue weighted by molar-refractivity contribution is 7.89. The first-order chi connectivity index (χ1) is 11.4. The summed E-state index contributed by atoms with van der Waals surface area (Å²) in [5, 5.41) is 0.703. The smallest absolute Gasteiger partial charge is 0.243 e. The molecule has 0 N–H and O–H groups in total. The van der Waals surface area contributed by atoms with E-state index in [4.69, 9.17) is 11.6 Å². The van der Waals surface area contributed by atoms with Gasteiger partial charge in [-0.15, -0.1) is 0 Å². The molecule has 0 aromatic heterocycles. The van der Waals surface area contributed by atoms with Gasteiger partial charge < -0.3 is 4.90 Å². The number of piperazine rings is 1. The molecule has 0 unspecified atom stereocenters. The number of nitrogens with zero attached hydrogens (tertiary/aromatic N) is 2. The molecular formula is C18H21ClN2O2S. The van der Waals surface area contributed by atoms with Crippen LogP contribution in [0.4, 0.5) is 5.69 Å². The van der Waals surface area contributed by atoms with Gasteiger partial charge in [0.25, 0.3) is 0 Å². The Hall–Kier alpha value is -1.56. The van der Waals surface area contributed by atoms with Crippen LogP contribution in [-0.2, 0) is 10.0 Å². The van der Waals surface area contributed by atoms with Crippen molar-refractivity contribution in [2.75, 3.05) is 31.1 Å². The summed E-state index contributed by atoms with van der Waals surface area (Å²) in [4.78, 5) is 2.56. The van der Waals surface area contributed by atoms with Crippen molar-refractivity contribution in [1.82, 2.24) is 4.31 Å². The summed E-state index contributed by atoms with van der Waals surface area (Å²) in [5.41, 5.74) is 3.17. The lowest BCUT2D eigenvalue weighted by molar-refractivity contribution is 0.385. The summed E-state index contributed by atoms with van der Waals surface area (Å²) >= 11 is 5.92. The third-order valence-corrected chi connectivity index (χ3v) is 6.69. The van der Waals surface area contributed by atoms with E-state index in [1.165, 1.54) is 0 Å². The summed E-state index contributed by atoms with van der Waals surface area (Å²) in [7, 11) is -3.43. The Morgan fingerprint density at radius 3 is 2.08 bits per heavy atom. The average molecular weight is 365 g/mol. The first-order valence-electron chi connectivity index (χ1n) is 7.96. The summed E-state index contributed by atoms with van der Waals surface area (Å²) in [6.07, 6.45) is 0. The minimum absolute atomic E-state index is 0.380. The van der Waals surface area contributed by atoms with Gasteiger partial charge >= 0.3 is 0 Å². The molecule has 0 amide bonds. The van der Waals surface area contributed by atoms with Crippen LogP contribution in [0.15, 0.2) is 47.4 Å². The van der Waals surface area contributed by atoms with Gasteiger partial charge in [-0.05, 0) is 61.4 Å². The molecule has 0 radical (unpaired) electrons. The SMILES string of the molecule is Cc1ccc(S(=O)(=O)N2CCN(c3ccc(Cl)cc3)CC2)cc1C. The molecule has 6 heteroatoms. The molecule has 4 nitrogen and oxygen atoms in total. The van der Waals surface area contributed by atoms with E-state index < -0.39 is 10.0 Å². The van der Waals surface area contributed by atoms with Gasteiger partial charge in [0.1, 0.15) is 0 Å². The first kappa shape index (κ1) is 17.3. The zero-order valence-corrected chi connectivity index (χ0v) is 15.4. The Bertz CT molecular complexity index is 827. The topological polar surface area (TPSA) is 40.6 Å². The summed E-state index contributed by atoms with van der Waals surface area (Å²) < 4.78 is 27.2. The maximum atomic E-state index is 12.8.